The summed E-state index contributed by atoms with van der Waals surface area (Å²) in [6.07, 6.45) is 3.28. The van der Waals surface area contributed by atoms with Crippen molar-refractivity contribution >= 4 is 5.91 Å². The second kappa shape index (κ2) is 9.21. The molecule has 1 unspecified atom stereocenters. The van der Waals surface area contributed by atoms with E-state index in [0.717, 1.165) is 10.2 Å². The number of aromatic nitrogens is 6. The Bertz CT molecular complexity index is 1330. The SMILES string of the molecule is CC(C(=O)NCCn1nc(-c2ccccc2)ccc1=O)n1nc(-n2cccn2)ccc1=O. The molecule has 1 atom stereocenters. The van der Waals surface area contributed by atoms with Crippen LogP contribution in [0.2, 0.25) is 0 Å². The van der Waals surface area contributed by atoms with Crippen molar-refractivity contribution in [3.05, 3.63) is 93.8 Å². The van der Waals surface area contributed by atoms with Gasteiger partial charge in [-0.1, -0.05) is 30.3 Å². The van der Waals surface area contributed by atoms with Crippen LogP contribution in [0.3, 0.4) is 0 Å². The zero-order chi connectivity index (χ0) is 22.5. The molecule has 0 aliphatic rings. The van der Waals surface area contributed by atoms with Crippen LogP contribution in [0.5, 0.6) is 0 Å². The van der Waals surface area contributed by atoms with Crippen molar-refractivity contribution in [2.24, 2.45) is 0 Å². The van der Waals surface area contributed by atoms with E-state index in [1.807, 2.05) is 30.3 Å². The predicted molar refractivity (Wildman–Crippen MR) is 117 cm³/mol. The first-order valence-corrected chi connectivity index (χ1v) is 10.0. The van der Waals surface area contributed by atoms with Crippen molar-refractivity contribution in [1.29, 1.82) is 0 Å². The number of benzene rings is 1. The molecule has 0 fully saturated rings. The van der Waals surface area contributed by atoms with Crippen LogP contribution in [0.15, 0.2) is 82.6 Å². The van der Waals surface area contributed by atoms with Gasteiger partial charge in [0.25, 0.3) is 11.1 Å². The highest BCUT2D eigenvalue weighted by Crippen LogP contribution is 2.13. The summed E-state index contributed by atoms with van der Waals surface area (Å²) in [5.74, 6) is 0.0206. The quantitative estimate of drug-likeness (QED) is 0.467. The van der Waals surface area contributed by atoms with E-state index >= 15 is 0 Å². The molecule has 0 aliphatic carbocycles. The monoisotopic (exact) mass is 431 g/mol. The first-order chi connectivity index (χ1) is 15.5. The Kier molecular flexibility index (Phi) is 6.02. The summed E-state index contributed by atoms with van der Waals surface area (Å²) in [6, 6.07) is 16.4. The second-order valence-corrected chi connectivity index (χ2v) is 7.04. The van der Waals surface area contributed by atoms with E-state index in [2.05, 4.69) is 20.6 Å². The van der Waals surface area contributed by atoms with E-state index in [-0.39, 0.29) is 18.6 Å². The third-order valence-corrected chi connectivity index (χ3v) is 4.86. The van der Waals surface area contributed by atoms with Gasteiger partial charge < -0.3 is 5.32 Å². The normalized spacial score (nSPS) is 11.8. The molecule has 1 N–H and O–H groups in total. The van der Waals surface area contributed by atoms with E-state index in [4.69, 9.17) is 0 Å². The standard InChI is InChI=1S/C22H21N7O3/c1-16(29-21(31)11-9-19(26-29)27-14-5-12-24-27)22(32)23-13-15-28-20(30)10-8-18(25-28)17-6-3-2-4-7-17/h2-12,14,16H,13,15H2,1H3,(H,23,32). The molecule has 3 heterocycles. The van der Waals surface area contributed by atoms with Crippen LogP contribution in [0.25, 0.3) is 17.1 Å². The third-order valence-electron chi connectivity index (χ3n) is 4.86. The number of hydrogen-bond donors (Lipinski definition) is 1. The summed E-state index contributed by atoms with van der Waals surface area (Å²) in [5, 5.41) is 15.4. The van der Waals surface area contributed by atoms with E-state index in [1.165, 1.54) is 27.6 Å². The van der Waals surface area contributed by atoms with Crippen LogP contribution >= 0.6 is 0 Å². The number of carbonyl (C=O) groups is 1. The van der Waals surface area contributed by atoms with Gasteiger partial charge in [0.15, 0.2) is 5.82 Å². The van der Waals surface area contributed by atoms with Crippen LogP contribution in [0, 0.1) is 0 Å². The fourth-order valence-corrected chi connectivity index (χ4v) is 3.13. The summed E-state index contributed by atoms with van der Waals surface area (Å²) >= 11 is 0. The molecule has 0 bridgehead atoms. The Balaban J connectivity index is 1.43. The summed E-state index contributed by atoms with van der Waals surface area (Å²) in [7, 11) is 0. The highest BCUT2D eigenvalue weighted by atomic mass is 16.2. The van der Waals surface area contributed by atoms with Crippen LogP contribution in [-0.2, 0) is 11.3 Å². The second-order valence-electron chi connectivity index (χ2n) is 7.04. The molecule has 0 aliphatic heterocycles. The molecule has 162 valence electrons. The molecule has 4 aromatic rings. The lowest BCUT2D eigenvalue weighted by molar-refractivity contribution is -0.124. The minimum Gasteiger partial charge on any atom is -0.352 e. The van der Waals surface area contributed by atoms with Gasteiger partial charge in [-0.3, -0.25) is 14.4 Å². The summed E-state index contributed by atoms with van der Waals surface area (Å²) < 4.78 is 3.90. The number of hydrogen-bond acceptors (Lipinski definition) is 6. The molecule has 0 saturated carbocycles. The molecule has 0 radical (unpaired) electrons. The van der Waals surface area contributed by atoms with E-state index in [0.29, 0.717) is 11.5 Å². The lowest BCUT2D eigenvalue weighted by Crippen LogP contribution is -2.39. The third kappa shape index (κ3) is 4.53. The lowest BCUT2D eigenvalue weighted by Gasteiger charge is -2.15. The molecule has 3 aromatic heterocycles. The first-order valence-electron chi connectivity index (χ1n) is 10.0. The molecule has 32 heavy (non-hydrogen) atoms. The largest absolute Gasteiger partial charge is 0.352 e. The Morgan fingerprint density at radius 3 is 2.50 bits per heavy atom. The van der Waals surface area contributed by atoms with Gasteiger partial charge in [0.1, 0.15) is 6.04 Å². The lowest BCUT2D eigenvalue weighted by atomic mass is 10.1. The van der Waals surface area contributed by atoms with E-state index in [1.54, 1.807) is 31.5 Å². The zero-order valence-corrected chi connectivity index (χ0v) is 17.3. The molecular formula is C22H21N7O3. The van der Waals surface area contributed by atoms with Gasteiger partial charge in [0.05, 0.1) is 12.2 Å². The highest BCUT2D eigenvalue weighted by molar-refractivity contribution is 5.79. The van der Waals surface area contributed by atoms with Crippen molar-refractivity contribution in [2.45, 2.75) is 19.5 Å². The number of amides is 1. The fraction of sp³-hybridized carbons (Fsp3) is 0.182. The predicted octanol–water partition coefficient (Wildman–Crippen LogP) is 1.03. The van der Waals surface area contributed by atoms with Crippen molar-refractivity contribution < 1.29 is 4.79 Å². The molecule has 0 spiro atoms. The van der Waals surface area contributed by atoms with Gasteiger partial charge in [0, 0.05) is 36.6 Å². The topological polar surface area (TPSA) is 117 Å². The maximum absolute atomic E-state index is 12.6. The Hall–Kier alpha value is -4.34. The molecular weight excluding hydrogens is 410 g/mol. The average Bonchev–Trinajstić information content (AvgIpc) is 3.35. The zero-order valence-electron chi connectivity index (χ0n) is 17.3. The number of nitrogens with zero attached hydrogens (tertiary/aromatic N) is 6. The Morgan fingerprint density at radius 2 is 1.75 bits per heavy atom. The van der Waals surface area contributed by atoms with E-state index < -0.39 is 17.5 Å². The smallest absolute Gasteiger partial charge is 0.267 e. The van der Waals surface area contributed by atoms with Crippen LogP contribution in [0.1, 0.15) is 13.0 Å². The van der Waals surface area contributed by atoms with Gasteiger partial charge in [-0.25, -0.2) is 14.0 Å². The first kappa shape index (κ1) is 20.9. The van der Waals surface area contributed by atoms with Crippen molar-refractivity contribution in [3.63, 3.8) is 0 Å². The number of carbonyl (C=O) groups excluding carboxylic acids is 1. The van der Waals surface area contributed by atoms with Crippen LogP contribution in [-0.4, -0.2) is 41.8 Å². The fourth-order valence-electron chi connectivity index (χ4n) is 3.13. The summed E-state index contributed by atoms with van der Waals surface area (Å²) in [5.41, 5.74) is 0.881. The maximum atomic E-state index is 12.6. The van der Waals surface area contributed by atoms with Crippen LogP contribution < -0.4 is 16.4 Å². The maximum Gasteiger partial charge on any atom is 0.267 e. The van der Waals surface area contributed by atoms with E-state index in [9.17, 15) is 14.4 Å². The summed E-state index contributed by atoms with van der Waals surface area (Å²) in [6.45, 7) is 1.94. The minimum atomic E-state index is -0.849. The highest BCUT2D eigenvalue weighted by Gasteiger charge is 2.18. The Morgan fingerprint density at radius 1 is 0.969 bits per heavy atom. The van der Waals surface area contributed by atoms with Crippen LogP contribution in [0.4, 0.5) is 0 Å². The Labute approximate surface area is 182 Å². The van der Waals surface area contributed by atoms with Gasteiger partial charge in [-0.2, -0.15) is 10.2 Å². The molecule has 1 aromatic carbocycles. The average molecular weight is 431 g/mol. The van der Waals surface area contributed by atoms with Gasteiger partial charge in [0.2, 0.25) is 5.91 Å². The van der Waals surface area contributed by atoms with Crippen molar-refractivity contribution in [2.75, 3.05) is 6.54 Å². The van der Waals surface area contributed by atoms with Gasteiger partial charge in [-0.05, 0) is 25.1 Å². The molecule has 4 rings (SSSR count). The number of rotatable bonds is 7. The minimum absolute atomic E-state index is 0.169. The molecule has 10 nitrogen and oxygen atoms in total. The summed E-state index contributed by atoms with van der Waals surface area (Å²) in [4.78, 5) is 37.0. The molecule has 0 saturated heterocycles. The van der Waals surface area contributed by atoms with Crippen molar-refractivity contribution in [1.82, 2.24) is 34.7 Å². The molecule has 10 heteroatoms. The van der Waals surface area contributed by atoms with Gasteiger partial charge in [-0.15, -0.1) is 5.10 Å². The molecule has 1 amide bonds. The van der Waals surface area contributed by atoms with Crippen molar-refractivity contribution in [3.8, 4) is 17.1 Å². The van der Waals surface area contributed by atoms with Gasteiger partial charge >= 0.3 is 0 Å². The number of nitrogens with one attached hydrogen (secondary N) is 1.